The third kappa shape index (κ3) is 8.26. The van der Waals surface area contributed by atoms with Gasteiger partial charge in [-0.2, -0.15) is 5.06 Å². The minimum atomic E-state index is 0.430. The molecule has 0 spiro atoms. The van der Waals surface area contributed by atoms with E-state index in [0.717, 1.165) is 13.0 Å². The number of hydroxylamine groups is 2. The number of hydrogen-bond donors (Lipinski definition) is 0. The van der Waals surface area contributed by atoms with Gasteiger partial charge in [-0.1, -0.05) is 20.8 Å². The van der Waals surface area contributed by atoms with E-state index in [2.05, 4.69) is 34.6 Å². The van der Waals surface area contributed by atoms with E-state index < -0.39 is 0 Å². The van der Waals surface area contributed by atoms with Gasteiger partial charge < -0.3 is 0 Å². The Hall–Kier alpha value is -0.0800. The maximum atomic E-state index is 5.53. The molecule has 0 aliphatic carbocycles. The zero-order chi connectivity index (χ0) is 10.5. The van der Waals surface area contributed by atoms with Crippen LogP contribution in [-0.2, 0) is 4.84 Å². The molecular formula is C11H25NO. The molecule has 0 N–H and O–H groups in total. The van der Waals surface area contributed by atoms with E-state index in [-0.39, 0.29) is 0 Å². The quantitative estimate of drug-likeness (QED) is 0.484. The van der Waals surface area contributed by atoms with Gasteiger partial charge in [0.1, 0.15) is 0 Å². The Balaban J connectivity index is 3.36. The molecule has 0 aliphatic rings. The summed E-state index contributed by atoms with van der Waals surface area (Å²) in [6.45, 7) is 11.9. The Morgan fingerprint density at radius 2 is 1.77 bits per heavy atom. The third-order valence-corrected chi connectivity index (χ3v) is 2.09. The van der Waals surface area contributed by atoms with E-state index in [4.69, 9.17) is 4.84 Å². The van der Waals surface area contributed by atoms with Crippen molar-refractivity contribution in [2.75, 3.05) is 13.7 Å². The second-order valence-electron chi connectivity index (χ2n) is 5.14. The minimum absolute atomic E-state index is 0.430. The zero-order valence-electron chi connectivity index (χ0n) is 10.1. The van der Waals surface area contributed by atoms with Crippen LogP contribution in [0.2, 0.25) is 0 Å². The average molecular weight is 187 g/mol. The van der Waals surface area contributed by atoms with Crippen molar-refractivity contribution in [3.8, 4) is 0 Å². The second kappa shape index (κ2) is 5.61. The van der Waals surface area contributed by atoms with Gasteiger partial charge >= 0.3 is 0 Å². The first kappa shape index (κ1) is 12.9. The van der Waals surface area contributed by atoms with E-state index in [9.17, 15) is 0 Å². The summed E-state index contributed by atoms with van der Waals surface area (Å²) in [6.07, 6.45) is 2.36. The lowest BCUT2D eigenvalue weighted by Gasteiger charge is -2.22. The van der Waals surface area contributed by atoms with Crippen molar-refractivity contribution in [2.24, 2.45) is 5.41 Å². The summed E-state index contributed by atoms with van der Waals surface area (Å²) in [5, 5.41) is 1.92. The van der Waals surface area contributed by atoms with Crippen molar-refractivity contribution in [3.05, 3.63) is 0 Å². The van der Waals surface area contributed by atoms with Crippen LogP contribution in [0.25, 0.3) is 0 Å². The first-order chi connectivity index (χ1) is 5.83. The Labute approximate surface area is 83.2 Å². The Morgan fingerprint density at radius 1 is 1.23 bits per heavy atom. The van der Waals surface area contributed by atoms with Gasteiger partial charge in [0.15, 0.2) is 0 Å². The highest BCUT2D eigenvalue weighted by Gasteiger charge is 2.10. The van der Waals surface area contributed by atoms with Crippen LogP contribution in [0.4, 0.5) is 0 Å². The van der Waals surface area contributed by atoms with Gasteiger partial charge in [0.2, 0.25) is 0 Å². The van der Waals surface area contributed by atoms with Gasteiger partial charge in [-0.05, 0) is 32.1 Å². The van der Waals surface area contributed by atoms with Crippen molar-refractivity contribution in [1.82, 2.24) is 5.06 Å². The van der Waals surface area contributed by atoms with Crippen molar-refractivity contribution in [2.45, 2.75) is 53.5 Å². The smallest absolute Gasteiger partial charge is 0.0685 e. The SMILES string of the molecule is CC(C)N(C)OCCCC(C)(C)C. The van der Waals surface area contributed by atoms with Gasteiger partial charge in [-0.25, -0.2) is 0 Å². The summed E-state index contributed by atoms with van der Waals surface area (Å²) in [5.74, 6) is 0. The van der Waals surface area contributed by atoms with Crippen LogP contribution in [0.15, 0.2) is 0 Å². The largest absolute Gasteiger partial charge is 0.299 e. The van der Waals surface area contributed by atoms with E-state index in [1.54, 1.807) is 0 Å². The number of rotatable bonds is 5. The molecule has 0 aromatic heterocycles. The zero-order valence-corrected chi connectivity index (χ0v) is 10.1. The van der Waals surface area contributed by atoms with Crippen LogP contribution < -0.4 is 0 Å². The van der Waals surface area contributed by atoms with E-state index in [1.165, 1.54) is 6.42 Å². The highest BCUT2D eigenvalue weighted by Crippen LogP contribution is 2.20. The highest BCUT2D eigenvalue weighted by molar-refractivity contribution is 4.60. The molecule has 0 amide bonds. The van der Waals surface area contributed by atoms with Gasteiger partial charge in [-0.15, -0.1) is 0 Å². The maximum Gasteiger partial charge on any atom is 0.0685 e. The van der Waals surface area contributed by atoms with Crippen LogP contribution >= 0.6 is 0 Å². The van der Waals surface area contributed by atoms with E-state index >= 15 is 0 Å². The third-order valence-electron chi connectivity index (χ3n) is 2.09. The van der Waals surface area contributed by atoms with Crippen LogP contribution in [-0.4, -0.2) is 24.8 Å². The van der Waals surface area contributed by atoms with Crippen molar-refractivity contribution >= 4 is 0 Å². The standard InChI is InChI=1S/C11H25NO/c1-10(2)12(6)13-9-7-8-11(3,4)5/h10H,7-9H2,1-6H3. The molecule has 0 unspecified atom stereocenters. The fourth-order valence-electron chi connectivity index (χ4n) is 0.960. The Kier molecular flexibility index (Phi) is 5.57. The molecule has 0 bridgehead atoms. The fourth-order valence-corrected chi connectivity index (χ4v) is 0.960. The molecule has 0 heterocycles. The molecule has 0 aromatic carbocycles. The molecule has 2 nitrogen and oxygen atoms in total. The lowest BCUT2D eigenvalue weighted by atomic mass is 9.91. The lowest BCUT2D eigenvalue weighted by Crippen LogP contribution is -2.27. The maximum absolute atomic E-state index is 5.53. The van der Waals surface area contributed by atoms with Gasteiger partial charge in [0.25, 0.3) is 0 Å². The molecule has 13 heavy (non-hydrogen) atoms. The first-order valence-corrected chi connectivity index (χ1v) is 5.18. The summed E-state index contributed by atoms with van der Waals surface area (Å²) in [7, 11) is 1.99. The second-order valence-corrected chi connectivity index (χ2v) is 5.14. The molecule has 0 aromatic rings. The van der Waals surface area contributed by atoms with Crippen LogP contribution in [0.5, 0.6) is 0 Å². The predicted octanol–water partition coefficient (Wildman–Crippen LogP) is 3.08. The first-order valence-electron chi connectivity index (χ1n) is 5.18. The van der Waals surface area contributed by atoms with Gasteiger partial charge in [0, 0.05) is 13.1 Å². The predicted molar refractivity (Wildman–Crippen MR) is 57.5 cm³/mol. The summed E-state index contributed by atoms with van der Waals surface area (Å²) in [5.41, 5.74) is 0.430. The van der Waals surface area contributed by atoms with Crippen LogP contribution in [0.1, 0.15) is 47.5 Å². The van der Waals surface area contributed by atoms with Gasteiger partial charge in [0.05, 0.1) is 6.61 Å². The molecule has 0 atom stereocenters. The molecule has 0 saturated heterocycles. The number of nitrogens with zero attached hydrogens (tertiary/aromatic N) is 1. The lowest BCUT2D eigenvalue weighted by molar-refractivity contribution is -0.161. The normalized spacial score (nSPS) is 12.9. The average Bonchev–Trinajstić information content (AvgIpc) is 1.95. The van der Waals surface area contributed by atoms with Crippen molar-refractivity contribution in [3.63, 3.8) is 0 Å². The fraction of sp³-hybridized carbons (Fsp3) is 1.00. The topological polar surface area (TPSA) is 12.5 Å². The Bertz CT molecular complexity index is 127. The van der Waals surface area contributed by atoms with Gasteiger partial charge in [-0.3, -0.25) is 4.84 Å². The molecule has 80 valence electrons. The summed E-state index contributed by atoms with van der Waals surface area (Å²) in [4.78, 5) is 5.53. The molecule has 0 radical (unpaired) electrons. The monoisotopic (exact) mass is 187 g/mol. The van der Waals surface area contributed by atoms with E-state index in [1.807, 2.05) is 12.1 Å². The van der Waals surface area contributed by atoms with Crippen LogP contribution in [0, 0.1) is 5.41 Å². The minimum Gasteiger partial charge on any atom is -0.299 e. The molecule has 0 rings (SSSR count). The highest BCUT2D eigenvalue weighted by atomic mass is 16.7. The summed E-state index contributed by atoms with van der Waals surface area (Å²) >= 11 is 0. The molecular weight excluding hydrogens is 162 g/mol. The Morgan fingerprint density at radius 3 is 2.15 bits per heavy atom. The molecule has 0 fully saturated rings. The summed E-state index contributed by atoms with van der Waals surface area (Å²) in [6, 6.07) is 0.467. The summed E-state index contributed by atoms with van der Waals surface area (Å²) < 4.78 is 0. The van der Waals surface area contributed by atoms with E-state index in [0.29, 0.717) is 11.5 Å². The molecule has 0 saturated carbocycles. The van der Waals surface area contributed by atoms with Crippen molar-refractivity contribution in [1.29, 1.82) is 0 Å². The molecule has 2 heteroatoms. The van der Waals surface area contributed by atoms with Crippen molar-refractivity contribution < 1.29 is 4.84 Å². The van der Waals surface area contributed by atoms with Crippen LogP contribution in [0.3, 0.4) is 0 Å². The number of hydrogen-bond acceptors (Lipinski definition) is 2. The molecule has 0 aliphatic heterocycles.